The van der Waals surface area contributed by atoms with E-state index in [4.69, 9.17) is 0 Å². The maximum atomic E-state index is 12.0. The highest BCUT2D eigenvalue weighted by Crippen LogP contribution is 2.29. The summed E-state index contributed by atoms with van der Waals surface area (Å²) in [7, 11) is 1.73. The zero-order chi connectivity index (χ0) is 13.7. The Bertz CT molecular complexity index is 418. The summed E-state index contributed by atoms with van der Waals surface area (Å²) in [5.74, 6) is 0.178. The number of hydrogen-bond acceptors (Lipinski definition) is 2. The lowest BCUT2D eigenvalue weighted by molar-refractivity contribution is -0.132. The van der Waals surface area contributed by atoms with Gasteiger partial charge in [0, 0.05) is 20.1 Å². The van der Waals surface area contributed by atoms with Crippen molar-refractivity contribution in [2.45, 2.75) is 26.2 Å². The lowest BCUT2D eigenvalue weighted by atomic mass is 9.81. The van der Waals surface area contributed by atoms with Gasteiger partial charge >= 0.3 is 0 Å². The highest BCUT2D eigenvalue weighted by molar-refractivity contribution is 5.82. The molecular formula is C16H24N2O. The van der Waals surface area contributed by atoms with Crippen LogP contribution in [-0.2, 0) is 11.2 Å². The molecule has 1 aliphatic heterocycles. The fourth-order valence-electron chi connectivity index (χ4n) is 2.95. The number of benzene rings is 1. The fourth-order valence-corrected chi connectivity index (χ4v) is 2.95. The van der Waals surface area contributed by atoms with Crippen LogP contribution in [0.1, 0.15) is 25.3 Å². The van der Waals surface area contributed by atoms with Gasteiger partial charge in [0.25, 0.3) is 0 Å². The lowest BCUT2D eigenvalue weighted by Crippen LogP contribution is -2.49. The molecule has 0 unspecified atom stereocenters. The fraction of sp³-hybridized carbons (Fsp3) is 0.562. The molecule has 0 bridgehead atoms. The number of piperidine rings is 1. The van der Waals surface area contributed by atoms with Crippen LogP contribution < -0.4 is 5.32 Å². The molecule has 1 atom stereocenters. The molecule has 1 aliphatic rings. The third-order valence-corrected chi connectivity index (χ3v) is 4.11. The van der Waals surface area contributed by atoms with Gasteiger partial charge in [-0.15, -0.1) is 0 Å². The first-order chi connectivity index (χ1) is 9.14. The van der Waals surface area contributed by atoms with Gasteiger partial charge in [-0.05, 0) is 38.3 Å². The number of carbonyl (C=O) groups is 1. The van der Waals surface area contributed by atoms with Crippen LogP contribution in [0.4, 0.5) is 0 Å². The number of amides is 1. The molecule has 1 saturated heterocycles. The van der Waals surface area contributed by atoms with E-state index >= 15 is 0 Å². The van der Waals surface area contributed by atoms with Gasteiger partial charge in [-0.25, -0.2) is 0 Å². The minimum Gasteiger partial charge on any atom is -0.359 e. The number of nitrogens with one attached hydrogen (secondary N) is 1. The molecule has 3 heteroatoms. The molecule has 0 radical (unpaired) electrons. The summed E-state index contributed by atoms with van der Waals surface area (Å²) in [6.45, 7) is 5.11. The summed E-state index contributed by atoms with van der Waals surface area (Å²) in [5, 5.41) is 2.80. The Morgan fingerprint density at radius 1 is 1.37 bits per heavy atom. The standard InChI is InChI=1S/C16H24N2O/c1-16(15(19)17-2)10-6-11-18(13-16)12-9-14-7-4-3-5-8-14/h3-5,7-8H,6,9-13H2,1-2H3,(H,17,19)/t16-/m0/s1. The van der Waals surface area contributed by atoms with Crippen molar-refractivity contribution in [3.63, 3.8) is 0 Å². The Hall–Kier alpha value is -1.35. The molecular weight excluding hydrogens is 236 g/mol. The van der Waals surface area contributed by atoms with Crippen molar-refractivity contribution in [3.05, 3.63) is 35.9 Å². The quantitative estimate of drug-likeness (QED) is 0.899. The summed E-state index contributed by atoms with van der Waals surface area (Å²) in [5.41, 5.74) is 1.15. The Balaban J connectivity index is 1.89. The molecule has 19 heavy (non-hydrogen) atoms. The van der Waals surface area contributed by atoms with E-state index in [9.17, 15) is 4.79 Å². The molecule has 1 amide bonds. The average molecular weight is 260 g/mol. The molecule has 0 aliphatic carbocycles. The molecule has 0 spiro atoms. The Kier molecular flexibility index (Phi) is 4.59. The first-order valence-electron chi connectivity index (χ1n) is 7.12. The van der Waals surface area contributed by atoms with E-state index in [2.05, 4.69) is 41.4 Å². The lowest BCUT2D eigenvalue weighted by Gasteiger charge is -2.39. The number of carbonyl (C=O) groups excluding carboxylic acids is 1. The third-order valence-electron chi connectivity index (χ3n) is 4.11. The highest BCUT2D eigenvalue weighted by Gasteiger charge is 2.36. The van der Waals surface area contributed by atoms with Crippen LogP contribution in [-0.4, -0.2) is 37.5 Å². The van der Waals surface area contributed by atoms with E-state index in [1.165, 1.54) is 5.56 Å². The van der Waals surface area contributed by atoms with Crippen molar-refractivity contribution in [2.75, 3.05) is 26.7 Å². The molecule has 2 rings (SSSR count). The van der Waals surface area contributed by atoms with Gasteiger partial charge in [0.2, 0.25) is 5.91 Å². The summed E-state index contributed by atoms with van der Waals surface area (Å²) in [4.78, 5) is 14.4. The van der Waals surface area contributed by atoms with Crippen molar-refractivity contribution >= 4 is 5.91 Å². The van der Waals surface area contributed by atoms with Gasteiger partial charge in [-0.2, -0.15) is 0 Å². The molecule has 104 valence electrons. The molecule has 1 N–H and O–H groups in total. The van der Waals surface area contributed by atoms with E-state index in [1.807, 2.05) is 6.07 Å². The summed E-state index contributed by atoms with van der Waals surface area (Å²) in [6, 6.07) is 10.6. The third kappa shape index (κ3) is 3.57. The molecule has 0 saturated carbocycles. The number of rotatable bonds is 4. The summed E-state index contributed by atoms with van der Waals surface area (Å²) < 4.78 is 0. The van der Waals surface area contributed by atoms with Crippen LogP contribution in [0.5, 0.6) is 0 Å². The minimum atomic E-state index is -0.219. The molecule has 1 heterocycles. The van der Waals surface area contributed by atoms with Crippen molar-refractivity contribution in [3.8, 4) is 0 Å². The van der Waals surface area contributed by atoms with E-state index in [0.717, 1.165) is 38.9 Å². The summed E-state index contributed by atoms with van der Waals surface area (Å²) >= 11 is 0. The molecule has 3 nitrogen and oxygen atoms in total. The van der Waals surface area contributed by atoms with Crippen LogP contribution in [0, 0.1) is 5.41 Å². The molecule has 1 aromatic rings. The first kappa shape index (κ1) is 14.1. The van der Waals surface area contributed by atoms with Crippen molar-refractivity contribution in [1.29, 1.82) is 0 Å². The molecule has 1 fully saturated rings. The van der Waals surface area contributed by atoms with Gasteiger partial charge in [0.15, 0.2) is 0 Å². The maximum absolute atomic E-state index is 12.0. The van der Waals surface area contributed by atoms with E-state index in [-0.39, 0.29) is 11.3 Å². The Morgan fingerprint density at radius 3 is 2.79 bits per heavy atom. The van der Waals surface area contributed by atoms with Crippen molar-refractivity contribution < 1.29 is 4.79 Å². The maximum Gasteiger partial charge on any atom is 0.226 e. The van der Waals surface area contributed by atoms with E-state index in [0.29, 0.717) is 0 Å². The van der Waals surface area contributed by atoms with Crippen LogP contribution in [0.2, 0.25) is 0 Å². The van der Waals surface area contributed by atoms with Gasteiger partial charge in [-0.3, -0.25) is 4.79 Å². The first-order valence-corrected chi connectivity index (χ1v) is 7.12. The smallest absolute Gasteiger partial charge is 0.226 e. The predicted molar refractivity (Wildman–Crippen MR) is 78.0 cm³/mol. The van der Waals surface area contributed by atoms with Crippen LogP contribution >= 0.6 is 0 Å². The van der Waals surface area contributed by atoms with Gasteiger partial charge in [-0.1, -0.05) is 30.3 Å². The van der Waals surface area contributed by atoms with Crippen molar-refractivity contribution in [2.24, 2.45) is 5.41 Å². The Labute approximate surface area is 116 Å². The van der Waals surface area contributed by atoms with E-state index in [1.54, 1.807) is 7.05 Å². The molecule has 1 aromatic carbocycles. The highest BCUT2D eigenvalue weighted by atomic mass is 16.2. The average Bonchev–Trinajstić information content (AvgIpc) is 2.45. The second-order valence-corrected chi connectivity index (χ2v) is 5.76. The predicted octanol–water partition coefficient (Wildman–Crippen LogP) is 2.08. The SMILES string of the molecule is CNC(=O)[C@@]1(C)CCCN(CCc2ccccc2)C1. The minimum absolute atomic E-state index is 0.178. The zero-order valence-electron chi connectivity index (χ0n) is 12.0. The van der Waals surface area contributed by atoms with E-state index < -0.39 is 0 Å². The largest absolute Gasteiger partial charge is 0.359 e. The Morgan fingerprint density at radius 2 is 2.11 bits per heavy atom. The topological polar surface area (TPSA) is 32.3 Å². The van der Waals surface area contributed by atoms with Gasteiger partial charge in [0.1, 0.15) is 0 Å². The second-order valence-electron chi connectivity index (χ2n) is 5.76. The summed E-state index contributed by atoms with van der Waals surface area (Å²) in [6.07, 6.45) is 3.16. The van der Waals surface area contributed by atoms with Gasteiger partial charge < -0.3 is 10.2 Å². The van der Waals surface area contributed by atoms with Crippen LogP contribution in [0.15, 0.2) is 30.3 Å². The van der Waals surface area contributed by atoms with Crippen LogP contribution in [0.25, 0.3) is 0 Å². The van der Waals surface area contributed by atoms with Crippen molar-refractivity contribution in [1.82, 2.24) is 10.2 Å². The number of nitrogens with zero attached hydrogens (tertiary/aromatic N) is 1. The monoisotopic (exact) mass is 260 g/mol. The van der Waals surface area contributed by atoms with Gasteiger partial charge in [0.05, 0.1) is 5.41 Å². The molecule has 0 aromatic heterocycles. The number of likely N-dealkylation sites (tertiary alicyclic amines) is 1. The zero-order valence-corrected chi connectivity index (χ0v) is 12.0. The normalized spacial score (nSPS) is 24.1. The van der Waals surface area contributed by atoms with Crippen LogP contribution in [0.3, 0.4) is 0 Å². The number of hydrogen-bond donors (Lipinski definition) is 1. The second kappa shape index (κ2) is 6.20.